The van der Waals surface area contributed by atoms with Crippen molar-refractivity contribution in [3.8, 4) is 33.4 Å². The van der Waals surface area contributed by atoms with E-state index in [4.69, 9.17) is 0 Å². The Labute approximate surface area is 264 Å². The highest BCUT2D eigenvalue weighted by Crippen LogP contribution is 2.52. The molecule has 1 aliphatic carbocycles. The molecule has 1 aliphatic heterocycles. The fraction of sp³-hybridized carbons (Fsp3) is 0.0909. The van der Waals surface area contributed by atoms with E-state index in [1.165, 1.54) is 88.0 Å². The Morgan fingerprint density at radius 3 is 1.53 bits per heavy atom. The molecule has 1 heteroatoms. The van der Waals surface area contributed by atoms with Crippen LogP contribution in [0.15, 0.2) is 151 Å². The van der Waals surface area contributed by atoms with Crippen molar-refractivity contribution < 1.29 is 0 Å². The molecule has 7 aromatic carbocycles. The zero-order chi connectivity index (χ0) is 30.1. The fourth-order valence-corrected chi connectivity index (χ4v) is 8.02. The molecule has 0 unspecified atom stereocenters. The Bertz CT molecular complexity index is 2310. The lowest BCUT2D eigenvalue weighted by Crippen LogP contribution is -2.25. The summed E-state index contributed by atoms with van der Waals surface area (Å²) in [5.74, 6) is 0. The molecular weight excluding hydrogens is 542 g/mol. The van der Waals surface area contributed by atoms with Gasteiger partial charge in [0, 0.05) is 12.0 Å². The van der Waals surface area contributed by atoms with E-state index in [0.29, 0.717) is 0 Å². The number of benzene rings is 7. The van der Waals surface area contributed by atoms with E-state index in [0.717, 1.165) is 6.54 Å². The average molecular weight is 576 g/mol. The van der Waals surface area contributed by atoms with Crippen LogP contribution >= 0.6 is 0 Å². The molecule has 0 bridgehead atoms. The van der Waals surface area contributed by atoms with Crippen molar-refractivity contribution in [1.82, 2.24) is 5.32 Å². The molecule has 0 aromatic heterocycles. The first-order valence-corrected chi connectivity index (χ1v) is 15.9. The Kier molecular flexibility index (Phi) is 5.67. The first kappa shape index (κ1) is 26.0. The average Bonchev–Trinajstić information content (AvgIpc) is 3.33. The van der Waals surface area contributed by atoms with Gasteiger partial charge in [0.05, 0.1) is 0 Å². The lowest BCUT2D eigenvalue weighted by molar-refractivity contribution is 0.612. The maximum atomic E-state index is 3.46. The third-order valence-corrected chi connectivity index (χ3v) is 10.2. The van der Waals surface area contributed by atoms with E-state index < -0.39 is 0 Å². The quantitative estimate of drug-likeness (QED) is 0.207. The van der Waals surface area contributed by atoms with Gasteiger partial charge in [0.1, 0.15) is 0 Å². The predicted octanol–water partition coefficient (Wildman–Crippen LogP) is 11.3. The molecule has 0 saturated carbocycles. The topological polar surface area (TPSA) is 12.0 Å². The zero-order valence-corrected chi connectivity index (χ0v) is 25.6. The Hall–Kier alpha value is -5.40. The van der Waals surface area contributed by atoms with Gasteiger partial charge >= 0.3 is 0 Å². The number of nitrogens with one attached hydrogen (secondary N) is 1. The molecule has 1 nitrogen and oxygen atoms in total. The van der Waals surface area contributed by atoms with Crippen molar-refractivity contribution in [2.45, 2.75) is 19.3 Å². The maximum absolute atomic E-state index is 3.46. The fourth-order valence-electron chi connectivity index (χ4n) is 8.02. The third kappa shape index (κ3) is 3.80. The third-order valence-electron chi connectivity index (χ3n) is 10.2. The van der Waals surface area contributed by atoms with E-state index in [-0.39, 0.29) is 5.41 Å². The van der Waals surface area contributed by atoms with Gasteiger partial charge in [-0.15, -0.1) is 0 Å². The Balaban J connectivity index is 1.24. The molecular formula is C44H33N. The number of dihydropyridines is 1. The van der Waals surface area contributed by atoms with E-state index in [1.807, 2.05) is 0 Å². The molecule has 7 aromatic rings. The van der Waals surface area contributed by atoms with Gasteiger partial charge in [-0.1, -0.05) is 141 Å². The molecule has 214 valence electrons. The minimum atomic E-state index is -0.0283. The van der Waals surface area contributed by atoms with Crippen molar-refractivity contribution in [1.29, 1.82) is 0 Å². The maximum Gasteiger partial charge on any atom is 0.0372 e. The van der Waals surface area contributed by atoms with Crippen molar-refractivity contribution in [3.05, 3.63) is 162 Å². The highest BCUT2D eigenvalue weighted by Gasteiger charge is 2.39. The molecule has 0 fully saturated rings. The van der Waals surface area contributed by atoms with Crippen molar-refractivity contribution in [2.75, 3.05) is 6.54 Å². The second-order valence-electron chi connectivity index (χ2n) is 12.9. The zero-order valence-electron chi connectivity index (χ0n) is 25.6. The van der Waals surface area contributed by atoms with Gasteiger partial charge in [0.2, 0.25) is 0 Å². The van der Waals surface area contributed by atoms with E-state index in [9.17, 15) is 0 Å². The van der Waals surface area contributed by atoms with Gasteiger partial charge in [0.15, 0.2) is 0 Å². The molecule has 1 heterocycles. The summed E-state index contributed by atoms with van der Waals surface area (Å²) in [7, 11) is 0. The van der Waals surface area contributed by atoms with Gasteiger partial charge in [-0.3, -0.25) is 0 Å². The monoisotopic (exact) mass is 575 g/mol. The van der Waals surface area contributed by atoms with Crippen LogP contribution < -0.4 is 5.32 Å². The number of hydrogen-bond donors (Lipinski definition) is 1. The lowest BCUT2D eigenvalue weighted by Gasteiger charge is -2.26. The summed E-state index contributed by atoms with van der Waals surface area (Å²) in [6.45, 7) is 5.66. The van der Waals surface area contributed by atoms with E-state index in [1.54, 1.807) is 0 Å². The second-order valence-corrected chi connectivity index (χ2v) is 12.9. The number of fused-ring (bicyclic) bond motifs is 6. The molecule has 2 aliphatic rings. The summed E-state index contributed by atoms with van der Waals surface area (Å²) in [6, 6.07) is 49.3. The van der Waals surface area contributed by atoms with E-state index >= 15 is 0 Å². The molecule has 0 atom stereocenters. The summed E-state index contributed by atoms with van der Waals surface area (Å²) >= 11 is 0. The van der Waals surface area contributed by atoms with Gasteiger partial charge in [-0.25, -0.2) is 0 Å². The van der Waals surface area contributed by atoms with Crippen molar-refractivity contribution in [3.63, 3.8) is 0 Å². The van der Waals surface area contributed by atoms with Gasteiger partial charge < -0.3 is 5.32 Å². The SMILES string of the molecule is CC1(C)C2=C(C=CNC2)c2c1cc(-c1ccc(-c3c4ccccc4c(-c4ccccc4)c4ccccc34)cc1)c1ccccc21. The number of hydrogen-bond acceptors (Lipinski definition) is 1. The molecule has 9 rings (SSSR count). The van der Waals surface area contributed by atoms with Crippen LogP contribution in [0.25, 0.3) is 71.3 Å². The molecule has 45 heavy (non-hydrogen) atoms. The lowest BCUT2D eigenvalue weighted by atomic mass is 9.79. The van der Waals surface area contributed by atoms with Crippen molar-refractivity contribution >= 4 is 37.9 Å². The van der Waals surface area contributed by atoms with Crippen molar-refractivity contribution in [2.24, 2.45) is 0 Å². The number of allylic oxidation sites excluding steroid dienone is 2. The van der Waals surface area contributed by atoms with E-state index in [2.05, 4.69) is 165 Å². The minimum absolute atomic E-state index is 0.0283. The van der Waals surface area contributed by atoms with Gasteiger partial charge in [-0.05, 0) is 106 Å². The predicted molar refractivity (Wildman–Crippen MR) is 192 cm³/mol. The molecule has 0 amide bonds. The molecule has 0 spiro atoms. The Morgan fingerprint density at radius 1 is 0.489 bits per heavy atom. The van der Waals surface area contributed by atoms with Crippen LogP contribution in [0.4, 0.5) is 0 Å². The number of rotatable bonds is 3. The van der Waals surface area contributed by atoms with Crippen LogP contribution in [0.1, 0.15) is 25.0 Å². The standard InChI is InChI=1S/C44H33N/c1-44(2)39-26-38(31-14-6-7-15-32(31)43(39)37-24-25-45-27-40(37)44)28-20-22-30(23-21-28)42-35-18-10-8-16-33(35)41(29-12-4-3-5-13-29)34-17-9-11-19-36(34)42/h3-26,45H,27H2,1-2H3. The van der Waals surface area contributed by atoms with Crippen LogP contribution in [0.3, 0.4) is 0 Å². The molecule has 0 radical (unpaired) electrons. The first-order chi connectivity index (χ1) is 22.1. The highest BCUT2D eigenvalue weighted by atomic mass is 14.8. The van der Waals surface area contributed by atoms with Crippen LogP contribution in [-0.2, 0) is 5.41 Å². The van der Waals surface area contributed by atoms with Gasteiger partial charge in [-0.2, -0.15) is 0 Å². The van der Waals surface area contributed by atoms with Crippen LogP contribution in [0.5, 0.6) is 0 Å². The highest BCUT2D eigenvalue weighted by molar-refractivity contribution is 6.21. The molecule has 1 N–H and O–H groups in total. The molecule has 0 saturated heterocycles. The summed E-state index contributed by atoms with van der Waals surface area (Å²) in [5.41, 5.74) is 13.3. The minimum Gasteiger partial charge on any atom is -0.387 e. The summed E-state index contributed by atoms with van der Waals surface area (Å²) in [5, 5.41) is 11.2. The van der Waals surface area contributed by atoms with Gasteiger partial charge in [0.25, 0.3) is 0 Å². The Morgan fingerprint density at radius 2 is 0.956 bits per heavy atom. The van der Waals surface area contributed by atoms with Crippen LogP contribution in [-0.4, -0.2) is 6.54 Å². The summed E-state index contributed by atoms with van der Waals surface area (Å²) in [4.78, 5) is 0. The summed E-state index contributed by atoms with van der Waals surface area (Å²) in [6.07, 6.45) is 4.37. The smallest absolute Gasteiger partial charge is 0.0372 e. The summed E-state index contributed by atoms with van der Waals surface area (Å²) < 4.78 is 0. The normalized spacial score (nSPS) is 15.0. The van der Waals surface area contributed by atoms with Crippen LogP contribution in [0, 0.1) is 0 Å². The largest absolute Gasteiger partial charge is 0.387 e. The van der Waals surface area contributed by atoms with Crippen LogP contribution in [0.2, 0.25) is 0 Å². The first-order valence-electron chi connectivity index (χ1n) is 15.9. The second kappa shape index (κ2) is 9.81.